The second kappa shape index (κ2) is 10.1. The molecular weight excluding hydrogens is 533 g/mol. The van der Waals surface area contributed by atoms with Crippen LogP contribution in [0, 0.1) is 0 Å². The highest BCUT2D eigenvalue weighted by Crippen LogP contribution is 2.34. The van der Waals surface area contributed by atoms with Crippen molar-refractivity contribution in [3.63, 3.8) is 0 Å². The maximum absolute atomic E-state index is 13.4. The molecule has 192 valence electrons. The van der Waals surface area contributed by atoms with E-state index in [-0.39, 0.29) is 5.96 Å². The second-order valence-electron chi connectivity index (χ2n) is 9.09. The number of hydrazone groups is 1. The number of benzene rings is 3. The van der Waals surface area contributed by atoms with E-state index in [1.807, 2.05) is 61.5 Å². The Kier molecular flexibility index (Phi) is 6.52. The number of allylic oxidation sites excluding steroid dienone is 1. The van der Waals surface area contributed by atoms with Gasteiger partial charge in [0, 0.05) is 26.4 Å². The highest BCUT2D eigenvalue weighted by molar-refractivity contribution is 6.48. The van der Waals surface area contributed by atoms with E-state index in [4.69, 9.17) is 28.9 Å². The molecule has 1 aromatic heterocycles. The smallest absolute Gasteiger partial charge is 0.261 e. The highest BCUT2D eigenvalue weighted by Gasteiger charge is 2.42. The maximum atomic E-state index is 13.4. The number of carbonyl (C=O) groups is 1. The summed E-state index contributed by atoms with van der Waals surface area (Å²) < 4.78 is 0. The van der Waals surface area contributed by atoms with Crippen molar-refractivity contribution < 1.29 is 4.79 Å². The van der Waals surface area contributed by atoms with Crippen molar-refractivity contribution in [1.29, 1.82) is 0 Å². The van der Waals surface area contributed by atoms with Gasteiger partial charge in [-0.05, 0) is 30.7 Å². The first-order valence-corrected chi connectivity index (χ1v) is 12.9. The van der Waals surface area contributed by atoms with E-state index >= 15 is 0 Å². The van der Waals surface area contributed by atoms with Gasteiger partial charge in [0.25, 0.3) is 11.9 Å². The Morgan fingerprint density at radius 1 is 0.897 bits per heavy atom. The van der Waals surface area contributed by atoms with Crippen LogP contribution in [0.2, 0.25) is 10.0 Å². The molecule has 1 amide bonds. The molecule has 0 fully saturated rings. The number of fused-ring (bicyclic) bond motifs is 2. The van der Waals surface area contributed by atoms with Gasteiger partial charge in [-0.2, -0.15) is 15.2 Å². The van der Waals surface area contributed by atoms with Gasteiger partial charge in [-0.25, -0.2) is 10.0 Å². The molecule has 0 radical (unpaired) electrons. The van der Waals surface area contributed by atoms with Crippen LogP contribution in [-0.2, 0) is 4.79 Å². The second-order valence-corrected chi connectivity index (χ2v) is 9.93. The van der Waals surface area contributed by atoms with E-state index in [1.165, 1.54) is 5.01 Å². The molecule has 0 aliphatic carbocycles. The van der Waals surface area contributed by atoms with Crippen molar-refractivity contribution in [2.24, 2.45) is 20.8 Å². The van der Waals surface area contributed by atoms with Crippen LogP contribution in [0.25, 0.3) is 28.1 Å². The largest absolute Gasteiger partial charge is 0.309 e. The van der Waals surface area contributed by atoms with Gasteiger partial charge in [-0.3, -0.25) is 4.79 Å². The summed E-state index contributed by atoms with van der Waals surface area (Å²) in [5, 5.41) is 17.8. The monoisotopic (exact) mass is 553 g/mol. The summed E-state index contributed by atoms with van der Waals surface area (Å²) in [6.45, 7) is 1.81. The number of nitrogens with two attached hydrogens (primary N) is 1. The van der Waals surface area contributed by atoms with E-state index in [2.05, 4.69) is 25.3 Å². The molecule has 2 aliphatic heterocycles. The van der Waals surface area contributed by atoms with Crippen LogP contribution in [0.3, 0.4) is 0 Å². The number of hydrogen-bond donors (Lipinski definition) is 1. The quantitative estimate of drug-likeness (QED) is 0.347. The molecule has 2 unspecified atom stereocenters. The average Bonchev–Trinajstić information content (AvgIpc) is 2.94. The van der Waals surface area contributed by atoms with Crippen LogP contribution in [-0.4, -0.2) is 44.7 Å². The summed E-state index contributed by atoms with van der Waals surface area (Å²) in [6.07, 6.45) is 2.69. The van der Waals surface area contributed by atoms with Crippen LogP contribution in [0.15, 0.2) is 94.0 Å². The van der Waals surface area contributed by atoms with Gasteiger partial charge in [0.15, 0.2) is 0 Å². The first-order valence-electron chi connectivity index (χ1n) is 12.2. The summed E-state index contributed by atoms with van der Waals surface area (Å²) >= 11 is 12.3. The van der Waals surface area contributed by atoms with Crippen LogP contribution >= 0.6 is 23.2 Å². The van der Waals surface area contributed by atoms with E-state index in [1.54, 1.807) is 30.4 Å². The van der Waals surface area contributed by atoms with Gasteiger partial charge in [0.1, 0.15) is 17.8 Å². The highest BCUT2D eigenvalue weighted by atomic mass is 35.5. The van der Waals surface area contributed by atoms with Crippen LogP contribution in [0.5, 0.6) is 0 Å². The first kappa shape index (κ1) is 25.1. The number of nitrogens with zero attached hydrogens (tertiary/aromatic N) is 6. The minimum absolute atomic E-state index is 0.120. The standard InChI is InChI=1S/C29H21Cl2N7O/c1-16-23(14-12-17-11-13-19(30)15-22(17)31)33-29-34-28(39)24(27(32)38(29)37-16)26-21-10-6-5-9-20(21)25(35-36-26)18-7-3-2-4-8-18/h2-15,24,27H,32H2,1H3/b14-12+. The Morgan fingerprint density at radius 2 is 1.64 bits per heavy atom. The average molecular weight is 554 g/mol. The normalized spacial score (nSPS) is 19.1. The summed E-state index contributed by atoms with van der Waals surface area (Å²) in [5.41, 5.74) is 10.6. The van der Waals surface area contributed by atoms with E-state index in [0.717, 1.165) is 27.6 Å². The van der Waals surface area contributed by atoms with Gasteiger partial charge in [0.2, 0.25) is 0 Å². The summed E-state index contributed by atoms with van der Waals surface area (Å²) in [4.78, 5) is 22.2. The van der Waals surface area contributed by atoms with E-state index in [9.17, 15) is 4.79 Å². The molecule has 3 heterocycles. The summed E-state index contributed by atoms with van der Waals surface area (Å²) in [5.74, 6) is -1.22. The van der Waals surface area contributed by atoms with Crippen molar-refractivity contribution in [2.45, 2.75) is 19.0 Å². The lowest BCUT2D eigenvalue weighted by Crippen LogP contribution is -2.53. The van der Waals surface area contributed by atoms with E-state index in [0.29, 0.717) is 27.2 Å². The van der Waals surface area contributed by atoms with Crippen LogP contribution in [0.1, 0.15) is 24.1 Å². The molecule has 39 heavy (non-hydrogen) atoms. The number of aliphatic imine (C=N–C) groups is 2. The summed E-state index contributed by atoms with van der Waals surface area (Å²) in [6, 6.07) is 22.7. The lowest BCUT2D eigenvalue weighted by atomic mass is 9.93. The molecule has 6 rings (SSSR count). The fraction of sp³-hybridized carbons (Fsp3) is 0.103. The molecule has 2 aliphatic rings. The van der Waals surface area contributed by atoms with Crippen LogP contribution < -0.4 is 5.73 Å². The van der Waals surface area contributed by atoms with Gasteiger partial charge >= 0.3 is 0 Å². The number of carbonyl (C=O) groups excluding carboxylic acids is 1. The van der Waals surface area contributed by atoms with Gasteiger partial charge in [0.05, 0.1) is 17.1 Å². The van der Waals surface area contributed by atoms with Gasteiger partial charge < -0.3 is 5.73 Å². The maximum Gasteiger partial charge on any atom is 0.261 e. The molecule has 0 spiro atoms. The molecule has 2 atom stereocenters. The minimum Gasteiger partial charge on any atom is -0.309 e. The molecular formula is C29H21Cl2N7O. The molecule has 10 heteroatoms. The van der Waals surface area contributed by atoms with Crippen molar-refractivity contribution in [2.75, 3.05) is 0 Å². The van der Waals surface area contributed by atoms with Gasteiger partial charge in [-0.15, -0.1) is 5.10 Å². The Morgan fingerprint density at radius 3 is 2.41 bits per heavy atom. The Balaban J connectivity index is 1.37. The van der Waals surface area contributed by atoms with Crippen LogP contribution in [0.4, 0.5) is 0 Å². The zero-order valence-electron chi connectivity index (χ0n) is 20.7. The molecule has 4 aromatic rings. The number of amides is 1. The predicted molar refractivity (Wildman–Crippen MR) is 156 cm³/mol. The van der Waals surface area contributed by atoms with Crippen molar-refractivity contribution in [1.82, 2.24) is 15.2 Å². The molecule has 0 saturated carbocycles. The Labute approximate surface area is 234 Å². The molecule has 0 saturated heterocycles. The Hall–Kier alpha value is -4.24. The lowest BCUT2D eigenvalue weighted by Gasteiger charge is -2.35. The van der Waals surface area contributed by atoms with E-state index < -0.39 is 18.0 Å². The number of guanidine groups is 1. The zero-order valence-corrected chi connectivity index (χ0v) is 22.2. The van der Waals surface area contributed by atoms with Gasteiger partial charge in [-0.1, -0.05) is 89.9 Å². The number of aromatic nitrogens is 2. The molecule has 0 bridgehead atoms. The zero-order chi connectivity index (χ0) is 27.1. The SMILES string of the molecule is CC1=NN2C(=NC(=O)C(c3nnc(-c4ccccc4)c4ccccc34)C2N)N=C1/C=C/c1ccc(Cl)cc1Cl. The fourth-order valence-corrected chi connectivity index (χ4v) is 5.11. The molecule has 3 aromatic carbocycles. The van der Waals surface area contributed by atoms with Crippen molar-refractivity contribution in [3.8, 4) is 11.3 Å². The fourth-order valence-electron chi connectivity index (χ4n) is 4.63. The van der Waals surface area contributed by atoms with Crippen molar-refractivity contribution >= 4 is 63.3 Å². The predicted octanol–water partition coefficient (Wildman–Crippen LogP) is 5.71. The minimum atomic E-state index is -0.882. The molecule has 8 nitrogen and oxygen atoms in total. The number of hydrogen-bond acceptors (Lipinski definition) is 7. The third-order valence-electron chi connectivity index (χ3n) is 6.59. The first-order chi connectivity index (χ1) is 18.9. The van der Waals surface area contributed by atoms with Crippen molar-refractivity contribution in [3.05, 3.63) is 100 Å². The number of rotatable bonds is 4. The lowest BCUT2D eigenvalue weighted by molar-refractivity contribution is -0.121. The summed E-state index contributed by atoms with van der Waals surface area (Å²) in [7, 11) is 0. The Bertz CT molecular complexity index is 1750. The third kappa shape index (κ3) is 4.63. The third-order valence-corrected chi connectivity index (χ3v) is 7.16. The topological polar surface area (TPSA) is 109 Å². The molecule has 2 N–H and O–H groups in total. The number of halogens is 2.